The quantitative estimate of drug-likeness (QED) is 0.827. The normalized spacial score (nSPS) is 24.0. The first-order valence-corrected chi connectivity index (χ1v) is 7.61. The molecule has 0 aromatic carbocycles. The van der Waals surface area contributed by atoms with Crippen molar-refractivity contribution in [2.45, 2.75) is 44.8 Å². The Labute approximate surface area is 130 Å². The van der Waals surface area contributed by atoms with Gasteiger partial charge in [-0.1, -0.05) is 0 Å². The molecule has 0 radical (unpaired) electrons. The number of carboxylic acids is 1. The molecule has 1 amide bonds. The molecule has 1 atom stereocenters. The highest BCUT2D eigenvalue weighted by atomic mass is 16.6. The zero-order chi connectivity index (χ0) is 16.4. The van der Waals surface area contributed by atoms with Crippen molar-refractivity contribution in [3.05, 3.63) is 0 Å². The van der Waals surface area contributed by atoms with Crippen molar-refractivity contribution in [3.63, 3.8) is 0 Å². The molecular formula is C15H25NO6. The molecule has 0 bridgehead atoms. The molecule has 1 N–H and O–H groups in total. The van der Waals surface area contributed by atoms with Crippen LogP contribution in [-0.4, -0.2) is 66.2 Å². The summed E-state index contributed by atoms with van der Waals surface area (Å²) in [5, 5.41) is 9.08. The maximum Gasteiger partial charge on any atom is 0.410 e. The lowest BCUT2D eigenvalue weighted by Crippen LogP contribution is -2.66. The van der Waals surface area contributed by atoms with Gasteiger partial charge in [0.05, 0.1) is 32.7 Å². The van der Waals surface area contributed by atoms with E-state index in [1.165, 1.54) is 4.90 Å². The van der Waals surface area contributed by atoms with E-state index in [2.05, 4.69) is 0 Å². The summed E-state index contributed by atoms with van der Waals surface area (Å²) in [6.07, 6.45) is 0.389. The molecule has 7 nitrogen and oxygen atoms in total. The van der Waals surface area contributed by atoms with Crippen LogP contribution in [0.1, 0.15) is 33.6 Å². The van der Waals surface area contributed by atoms with Gasteiger partial charge in [0.2, 0.25) is 0 Å². The lowest BCUT2D eigenvalue weighted by Gasteiger charge is -2.49. The molecular weight excluding hydrogens is 290 g/mol. The highest BCUT2D eigenvalue weighted by molar-refractivity contribution is 5.72. The minimum absolute atomic E-state index is 0.111. The number of likely N-dealkylation sites (tertiary alicyclic amines) is 1. The molecule has 0 aromatic heterocycles. The van der Waals surface area contributed by atoms with Crippen LogP contribution in [0.15, 0.2) is 0 Å². The van der Waals surface area contributed by atoms with Crippen molar-refractivity contribution in [1.29, 1.82) is 0 Å². The van der Waals surface area contributed by atoms with Gasteiger partial charge in [0.15, 0.2) is 0 Å². The van der Waals surface area contributed by atoms with Crippen LogP contribution in [0.4, 0.5) is 4.79 Å². The molecule has 2 heterocycles. The largest absolute Gasteiger partial charge is 0.481 e. The molecule has 0 spiro atoms. The third-order valence-corrected chi connectivity index (χ3v) is 3.73. The zero-order valence-corrected chi connectivity index (χ0v) is 13.5. The Morgan fingerprint density at radius 1 is 1.36 bits per heavy atom. The van der Waals surface area contributed by atoms with Crippen molar-refractivity contribution < 1.29 is 28.9 Å². The lowest BCUT2D eigenvalue weighted by atomic mass is 9.90. The van der Waals surface area contributed by atoms with Crippen LogP contribution in [0.5, 0.6) is 0 Å². The number of aliphatic carboxylic acids is 1. The Bertz CT molecular complexity index is 418. The van der Waals surface area contributed by atoms with Crippen molar-refractivity contribution in [3.8, 4) is 0 Å². The number of ether oxygens (including phenoxy) is 3. The monoisotopic (exact) mass is 315 g/mol. The van der Waals surface area contributed by atoms with Crippen LogP contribution >= 0.6 is 0 Å². The van der Waals surface area contributed by atoms with Crippen molar-refractivity contribution >= 4 is 12.1 Å². The average Bonchev–Trinajstić information content (AvgIpc) is 2.81. The minimum Gasteiger partial charge on any atom is -0.481 e. The van der Waals surface area contributed by atoms with Crippen LogP contribution < -0.4 is 0 Å². The molecule has 2 aliphatic rings. The van der Waals surface area contributed by atoms with Crippen LogP contribution in [-0.2, 0) is 19.0 Å². The summed E-state index contributed by atoms with van der Waals surface area (Å²) in [6, 6.07) is 0. The zero-order valence-electron chi connectivity index (χ0n) is 13.5. The van der Waals surface area contributed by atoms with E-state index in [1.807, 2.05) is 0 Å². The van der Waals surface area contributed by atoms with E-state index >= 15 is 0 Å². The highest BCUT2D eigenvalue weighted by Crippen LogP contribution is 2.31. The molecule has 0 aliphatic carbocycles. The van der Waals surface area contributed by atoms with Crippen molar-refractivity contribution in [2.75, 3.05) is 32.9 Å². The Morgan fingerprint density at radius 3 is 2.55 bits per heavy atom. The first-order chi connectivity index (χ1) is 10.2. The van der Waals surface area contributed by atoms with E-state index in [4.69, 9.17) is 19.3 Å². The van der Waals surface area contributed by atoms with Crippen LogP contribution in [0, 0.1) is 5.92 Å². The van der Waals surface area contributed by atoms with Gasteiger partial charge in [-0.05, 0) is 27.2 Å². The molecule has 126 valence electrons. The van der Waals surface area contributed by atoms with Gasteiger partial charge in [-0.3, -0.25) is 4.79 Å². The predicted octanol–water partition coefficient (Wildman–Crippen LogP) is 1.50. The second-order valence-corrected chi connectivity index (χ2v) is 7.13. The van der Waals surface area contributed by atoms with E-state index in [0.29, 0.717) is 19.1 Å². The van der Waals surface area contributed by atoms with E-state index in [-0.39, 0.29) is 19.5 Å². The summed E-state index contributed by atoms with van der Waals surface area (Å²) >= 11 is 0. The number of hydrogen-bond donors (Lipinski definition) is 1. The molecule has 2 fully saturated rings. The van der Waals surface area contributed by atoms with Crippen LogP contribution in [0.3, 0.4) is 0 Å². The van der Waals surface area contributed by atoms with Gasteiger partial charge in [0.1, 0.15) is 11.2 Å². The number of carbonyl (C=O) groups excluding carboxylic acids is 1. The average molecular weight is 315 g/mol. The SMILES string of the molecule is CC(C)(C)OC(=O)N1CC(CC(=O)O)(OCC2CCOC2)C1. The summed E-state index contributed by atoms with van der Waals surface area (Å²) < 4.78 is 16.4. The smallest absolute Gasteiger partial charge is 0.410 e. The minimum atomic E-state index is -0.925. The van der Waals surface area contributed by atoms with Gasteiger partial charge in [-0.15, -0.1) is 0 Å². The topological polar surface area (TPSA) is 85.3 Å². The number of hydrogen-bond acceptors (Lipinski definition) is 5. The first-order valence-electron chi connectivity index (χ1n) is 7.61. The second kappa shape index (κ2) is 6.42. The number of nitrogens with zero attached hydrogens (tertiary/aromatic N) is 1. The third-order valence-electron chi connectivity index (χ3n) is 3.73. The molecule has 2 saturated heterocycles. The van der Waals surface area contributed by atoms with E-state index < -0.39 is 23.3 Å². The lowest BCUT2D eigenvalue weighted by molar-refractivity contribution is -0.170. The Kier molecular flexibility index (Phi) is 4.97. The number of carbonyl (C=O) groups is 2. The fraction of sp³-hybridized carbons (Fsp3) is 0.867. The van der Waals surface area contributed by atoms with E-state index in [9.17, 15) is 9.59 Å². The second-order valence-electron chi connectivity index (χ2n) is 7.13. The fourth-order valence-electron chi connectivity index (χ4n) is 2.64. The number of rotatable bonds is 5. The van der Waals surface area contributed by atoms with Crippen molar-refractivity contribution in [2.24, 2.45) is 5.92 Å². The number of carboxylic acid groups (broad SMARTS) is 1. The fourth-order valence-corrected chi connectivity index (χ4v) is 2.64. The predicted molar refractivity (Wildman–Crippen MR) is 77.7 cm³/mol. The van der Waals surface area contributed by atoms with Gasteiger partial charge < -0.3 is 24.2 Å². The number of amides is 1. The van der Waals surface area contributed by atoms with E-state index in [0.717, 1.165) is 13.0 Å². The van der Waals surface area contributed by atoms with Gasteiger partial charge in [-0.2, -0.15) is 0 Å². The molecule has 7 heteroatoms. The van der Waals surface area contributed by atoms with Gasteiger partial charge in [0, 0.05) is 12.5 Å². The molecule has 1 unspecified atom stereocenters. The summed E-state index contributed by atoms with van der Waals surface area (Å²) in [4.78, 5) is 24.5. The molecule has 0 saturated carbocycles. The first kappa shape index (κ1) is 17.0. The standard InChI is InChI=1S/C15H25NO6/c1-14(2,3)22-13(19)16-9-15(10-16,6-12(17)18)21-8-11-4-5-20-7-11/h11H,4-10H2,1-3H3,(H,17,18). The summed E-state index contributed by atoms with van der Waals surface area (Å²) in [7, 11) is 0. The molecule has 2 aliphatic heterocycles. The van der Waals surface area contributed by atoms with Gasteiger partial charge >= 0.3 is 12.1 Å². The third kappa shape index (κ3) is 4.58. The van der Waals surface area contributed by atoms with Crippen LogP contribution in [0.2, 0.25) is 0 Å². The summed E-state index contributed by atoms with van der Waals surface area (Å²) in [5.41, 5.74) is -1.37. The van der Waals surface area contributed by atoms with Gasteiger partial charge in [-0.25, -0.2) is 4.79 Å². The van der Waals surface area contributed by atoms with E-state index in [1.54, 1.807) is 20.8 Å². The Hall–Kier alpha value is -1.34. The van der Waals surface area contributed by atoms with Crippen molar-refractivity contribution in [1.82, 2.24) is 4.90 Å². The maximum absolute atomic E-state index is 12.0. The Morgan fingerprint density at radius 2 is 2.05 bits per heavy atom. The van der Waals surface area contributed by atoms with Gasteiger partial charge in [0.25, 0.3) is 0 Å². The summed E-state index contributed by atoms with van der Waals surface area (Å²) in [6.45, 7) is 7.74. The Balaban J connectivity index is 1.86. The molecule has 22 heavy (non-hydrogen) atoms. The molecule has 2 rings (SSSR count). The molecule has 0 aromatic rings. The van der Waals surface area contributed by atoms with Crippen LogP contribution in [0.25, 0.3) is 0 Å². The summed E-state index contributed by atoms with van der Waals surface area (Å²) in [5.74, 6) is -0.618. The maximum atomic E-state index is 12.0. The highest BCUT2D eigenvalue weighted by Gasteiger charge is 2.49.